The van der Waals surface area contributed by atoms with Crippen molar-refractivity contribution in [1.29, 1.82) is 0 Å². The topological polar surface area (TPSA) is 47.3 Å². The van der Waals surface area contributed by atoms with Gasteiger partial charge in [-0.25, -0.2) is 9.82 Å². The predicted molar refractivity (Wildman–Crippen MR) is 64.7 cm³/mol. The second kappa shape index (κ2) is 5.49. The zero-order chi connectivity index (χ0) is 12.3. The predicted octanol–water partition coefficient (Wildman–Crippen LogP) is 2.68. The van der Waals surface area contributed by atoms with Crippen molar-refractivity contribution in [1.82, 2.24) is 5.43 Å². The smallest absolute Gasteiger partial charge is 0.141 e. The molecule has 0 bridgehead atoms. The van der Waals surface area contributed by atoms with Crippen LogP contribution in [-0.2, 0) is 4.74 Å². The van der Waals surface area contributed by atoms with Gasteiger partial charge in [0.2, 0.25) is 0 Å². The van der Waals surface area contributed by atoms with Gasteiger partial charge in [0.1, 0.15) is 17.6 Å². The molecule has 1 aromatic rings. The lowest BCUT2D eigenvalue weighted by Gasteiger charge is -2.23. The monoisotopic (exact) mass is 256 g/mol. The molecule has 3 nitrogen and oxygen atoms in total. The Balaban J connectivity index is 2.28. The number of halogens is 2. The summed E-state index contributed by atoms with van der Waals surface area (Å²) in [4.78, 5) is 0. The van der Waals surface area contributed by atoms with E-state index in [1.54, 1.807) is 12.1 Å². The third-order valence-corrected chi connectivity index (χ3v) is 2.98. The Morgan fingerprint density at radius 2 is 2.29 bits per heavy atom. The van der Waals surface area contributed by atoms with Gasteiger partial charge in [0, 0.05) is 0 Å². The highest BCUT2D eigenvalue weighted by atomic mass is 35.5. The zero-order valence-electron chi connectivity index (χ0n) is 9.25. The maximum Gasteiger partial charge on any atom is 0.141 e. The molecule has 0 saturated carbocycles. The van der Waals surface area contributed by atoms with Gasteiger partial charge in [-0.3, -0.25) is 5.84 Å². The van der Waals surface area contributed by atoms with E-state index in [9.17, 15) is 4.39 Å². The van der Waals surface area contributed by atoms with Gasteiger partial charge >= 0.3 is 0 Å². The van der Waals surface area contributed by atoms with E-state index in [1.807, 2.05) is 6.08 Å². The molecule has 92 valence electrons. The average molecular weight is 257 g/mol. The summed E-state index contributed by atoms with van der Waals surface area (Å²) in [5.74, 6) is 5.84. The van der Waals surface area contributed by atoms with Gasteiger partial charge in [-0.15, -0.1) is 0 Å². The third-order valence-electron chi connectivity index (χ3n) is 2.69. The molecule has 0 fully saturated rings. The maximum absolute atomic E-state index is 13.1. The molecule has 17 heavy (non-hydrogen) atoms. The quantitative estimate of drug-likeness (QED) is 0.646. The summed E-state index contributed by atoms with van der Waals surface area (Å²) in [6.07, 6.45) is 3.96. The fourth-order valence-electron chi connectivity index (χ4n) is 1.81. The van der Waals surface area contributed by atoms with Gasteiger partial charge in [0.25, 0.3) is 0 Å². The first kappa shape index (κ1) is 12.4. The van der Waals surface area contributed by atoms with E-state index in [0.29, 0.717) is 6.61 Å². The summed E-state index contributed by atoms with van der Waals surface area (Å²) in [6.45, 7) is 0.680. The summed E-state index contributed by atoms with van der Waals surface area (Å²) in [5.41, 5.74) is 3.44. The van der Waals surface area contributed by atoms with E-state index >= 15 is 0 Å². The van der Waals surface area contributed by atoms with Gasteiger partial charge < -0.3 is 4.74 Å². The summed E-state index contributed by atoms with van der Waals surface area (Å²) in [5, 5.41) is 0.0826. The Kier molecular flexibility index (Phi) is 3.99. The second-order valence-electron chi connectivity index (χ2n) is 3.87. The van der Waals surface area contributed by atoms with Crippen LogP contribution in [0, 0.1) is 5.82 Å². The van der Waals surface area contributed by atoms with Gasteiger partial charge in [0.05, 0.1) is 11.6 Å². The Bertz CT molecular complexity index is 437. The minimum Gasteiger partial charge on any atom is -0.496 e. The number of ether oxygens (including phenoxy) is 1. The van der Waals surface area contributed by atoms with E-state index < -0.39 is 5.82 Å². The lowest BCUT2D eigenvalue weighted by atomic mass is 10.0. The summed E-state index contributed by atoms with van der Waals surface area (Å²) < 4.78 is 18.6. The van der Waals surface area contributed by atoms with Gasteiger partial charge in [-0.1, -0.05) is 17.7 Å². The van der Waals surface area contributed by atoms with Crippen LogP contribution in [0.2, 0.25) is 5.02 Å². The fourth-order valence-corrected chi connectivity index (χ4v) is 2.00. The minimum atomic E-state index is -0.440. The number of allylic oxidation sites excluding steroid dienone is 1. The van der Waals surface area contributed by atoms with E-state index in [1.165, 1.54) is 6.07 Å². The van der Waals surface area contributed by atoms with Crippen molar-refractivity contribution in [2.24, 2.45) is 5.84 Å². The maximum atomic E-state index is 13.1. The van der Waals surface area contributed by atoms with Crippen LogP contribution in [-0.4, -0.2) is 6.61 Å². The van der Waals surface area contributed by atoms with Crippen molar-refractivity contribution < 1.29 is 9.13 Å². The number of hydrogen-bond donors (Lipinski definition) is 2. The molecule has 0 saturated heterocycles. The molecule has 1 aliphatic heterocycles. The van der Waals surface area contributed by atoms with Gasteiger partial charge in [-0.05, 0) is 36.6 Å². The Labute approximate surface area is 104 Å². The molecule has 5 heteroatoms. The van der Waals surface area contributed by atoms with E-state index in [-0.39, 0.29) is 11.1 Å². The van der Waals surface area contributed by atoms with Gasteiger partial charge in [-0.2, -0.15) is 0 Å². The van der Waals surface area contributed by atoms with Crippen LogP contribution in [0.25, 0.3) is 0 Å². The molecule has 1 atom stereocenters. The molecule has 2 rings (SSSR count). The molecule has 0 radical (unpaired) electrons. The fraction of sp³-hybridized carbons (Fsp3) is 0.333. The molecule has 1 heterocycles. The van der Waals surface area contributed by atoms with Crippen LogP contribution >= 0.6 is 11.6 Å². The van der Waals surface area contributed by atoms with Gasteiger partial charge in [0.15, 0.2) is 0 Å². The Hall–Kier alpha value is -1.10. The summed E-state index contributed by atoms with van der Waals surface area (Å²) in [7, 11) is 0. The Morgan fingerprint density at radius 1 is 1.47 bits per heavy atom. The molecule has 1 unspecified atom stereocenters. The van der Waals surface area contributed by atoms with Crippen molar-refractivity contribution in [3.8, 4) is 0 Å². The summed E-state index contributed by atoms with van der Waals surface area (Å²) >= 11 is 5.75. The van der Waals surface area contributed by atoms with Crippen molar-refractivity contribution in [3.63, 3.8) is 0 Å². The highest BCUT2D eigenvalue weighted by Gasteiger charge is 2.19. The lowest BCUT2D eigenvalue weighted by molar-refractivity contribution is 0.168. The number of nitrogens with two attached hydrogens (primary N) is 1. The molecule has 0 aliphatic carbocycles. The number of hydrogen-bond acceptors (Lipinski definition) is 3. The van der Waals surface area contributed by atoms with Crippen LogP contribution in [0.5, 0.6) is 0 Å². The van der Waals surface area contributed by atoms with Crippen LogP contribution < -0.4 is 11.3 Å². The van der Waals surface area contributed by atoms with E-state index in [0.717, 1.165) is 24.2 Å². The van der Waals surface area contributed by atoms with Crippen molar-refractivity contribution in [2.45, 2.75) is 18.9 Å². The van der Waals surface area contributed by atoms with E-state index in [4.69, 9.17) is 22.2 Å². The van der Waals surface area contributed by atoms with Crippen LogP contribution in [0.3, 0.4) is 0 Å². The summed E-state index contributed by atoms with van der Waals surface area (Å²) in [6, 6.07) is 4.24. The normalized spacial score (nSPS) is 17.2. The highest BCUT2D eigenvalue weighted by molar-refractivity contribution is 6.30. The first-order chi connectivity index (χ1) is 8.22. The largest absolute Gasteiger partial charge is 0.496 e. The lowest BCUT2D eigenvalue weighted by Crippen LogP contribution is -2.31. The molecule has 0 amide bonds. The molecule has 0 aromatic heterocycles. The zero-order valence-corrected chi connectivity index (χ0v) is 10.0. The standard InChI is InChI=1S/C12H14ClFN2O/c13-9-7-8(4-5-10(9)14)12(16-15)11-3-1-2-6-17-11/h3-5,7,12,16H,1-2,6,15H2. The number of hydrazine groups is 1. The minimum absolute atomic E-state index is 0.0826. The molecule has 1 aliphatic rings. The number of benzene rings is 1. The SMILES string of the molecule is NNC(C1=CCCCO1)c1ccc(F)c(Cl)c1. The molecule has 0 spiro atoms. The van der Waals surface area contributed by atoms with E-state index in [2.05, 4.69) is 5.43 Å². The number of nitrogens with one attached hydrogen (secondary N) is 1. The molecular formula is C12H14ClFN2O. The first-order valence-electron chi connectivity index (χ1n) is 5.46. The highest BCUT2D eigenvalue weighted by Crippen LogP contribution is 2.28. The molecule has 3 N–H and O–H groups in total. The van der Waals surface area contributed by atoms with Crippen LogP contribution in [0.4, 0.5) is 4.39 Å². The Morgan fingerprint density at radius 3 is 2.88 bits per heavy atom. The number of rotatable bonds is 3. The van der Waals surface area contributed by atoms with Crippen molar-refractivity contribution in [3.05, 3.63) is 46.4 Å². The second-order valence-corrected chi connectivity index (χ2v) is 4.28. The van der Waals surface area contributed by atoms with Crippen LogP contribution in [0.1, 0.15) is 24.4 Å². The third kappa shape index (κ3) is 2.77. The van der Waals surface area contributed by atoms with Crippen LogP contribution in [0.15, 0.2) is 30.0 Å². The molecule has 1 aromatic carbocycles. The van der Waals surface area contributed by atoms with Crippen molar-refractivity contribution >= 4 is 11.6 Å². The average Bonchev–Trinajstić information content (AvgIpc) is 2.36. The van der Waals surface area contributed by atoms with Crippen molar-refractivity contribution in [2.75, 3.05) is 6.61 Å². The first-order valence-corrected chi connectivity index (χ1v) is 5.84. The molecular weight excluding hydrogens is 243 g/mol.